The summed E-state index contributed by atoms with van der Waals surface area (Å²) in [6, 6.07) is 16.8. The number of carbonyl (C=O) groups is 2. The summed E-state index contributed by atoms with van der Waals surface area (Å²) in [5, 5.41) is 2.65. The van der Waals surface area contributed by atoms with E-state index in [2.05, 4.69) is 5.32 Å². The lowest BCUT2D eigenvalue weighted by Crippen LogP contribution is -2.21. The summed E-state index contributed by atoms with van der Waals surface area (Å²) in [6.07, 6.45) is 0.251. The van der Waals surface area contributed by atoms with Gasteiger partial charge in [0.15, 0.2) is 6.61 Å². The minimum atomic E-state index is -0.399. The largest absolute Gasteiger partial charge is 0.495 e. The Kier molecular flexibility index (Phi) is 7.17. The van der Waals surface area contributed by atoms with E-state index < -0.39 is 11.9 Å². The van der Waals surface area contributed by atoms with Gasteiger partial charge >= 0.3 is 5.97 Å². The summed E-state index contributed by atoms with van der Waals surface area (Å²) in [6.45, 7) is -0.313. The average molecular weight is 345 g/mol. The second kappa shape index (κ2) is 9.62. The van der Waals surface area contributed by atoms with Gasteiger partial charge in [0.05, 0.1) is 19.2 Å². The van der Waals surface area contributed by atoms with Gasteiger partial charge in [0.1, 0.15) is 5.75 Å². The Balaban J connectivity index is 1.68. The number of nitrogens with one attached hydrogen (secondary N) is 1. The second-order valence-electron chi connectivity index (χ2n) is 4.82. The number of hydrogen-bond donors (Lipinski definition) is 1. The maximum absolute atomic E-state index is 11.8. The molecule has 6 heteroatoms. The number of thioether (sulfide) groups is 1. The SMILES string of the molecule is COc1ccccc1NC(=O)COC(=O)CCSc1ccccc1. The molecule has 126 valence electrons. The van der Waals surface area contributed by atoms with Crippen LogP contribution < -0.4 is 10.1 Å². The molecule has 1 N–H and O–H groups in total. The van der Waals surface area contributed by atoms with Crippen molar-refractivity contribution in [2.24, 2.45) is 0 Å². The van der Waals surface area contributed by atoms with E-state index in [0.717, 1.165) is 4.90 Å². The molecule has 0 aliphatic rings. The van der Waals surface area contributed by atoms with Gasteiger partial charge in [-0.15, -0.1) is 11.8 Å². The van der Waals surface area contributed by atoms with Gasteiger partial charge in [0.25, 0.3) is 5.91 Å². The van der Waals surface area contributed by atoms with Crippen molar-refractivity contribution in [3.8, 4) is 5.75 Å². The van der Waals surface area contributed by atoms with Gasteiger partial charge in [0, 0.05) is 10.6 Å². The molecular weight excluding hydrogens is 326 g/mol. The van der Waals surface area contributed by atoms with E-state index in [-0.39, 0.29) is 13.0 Å². The van der Waals surface area contributed by atoms with Gasteiger partial charge in [-0.3, -0.25) is 9.59 Å². The van der Waals surface area contributed by atoms with E-state index in [1.807, 2.05) is 30.3 Å². The molecule has 0 fully saturated rings. The molecule has 0 saturated heterocycles. The van der Waals surface area contributed by atoms with Crippen molar-refractivity contribution in [1.29, 1.82) is 0 Å². The van der Waals surface area contributed by atoms with Crippen LogP contribution in [0.4, 0.5) is 5.69 Å². The Labute approximate surface area is 145 Å². The molecule has 0 aromatic heterocycles. The number of hydrogen-bond acceptors (Lipinski definition) is 5. The molecule has 0 spiro atoms. The predicted molar refractivity (Wildman–Crippen MR) is 94.4 cm³/mol. The number of benzene rings is 2. The summed E-state index contributed by atoms with van der Waals surface area (Å²) in [7, 11) is 1.52. The van der Waals surface area contributed by atoms with Crippen molar-refractivity contribution < 1.29 is 19.1 Å². The number of amides is 1. The van der Waals surface area contributed by atoms with Gasteiger partial charge in [-0.05, 0) is 24.3 Å². The Hall–Kier alpha value is -2.47. The maximum atomic E-state index is 11.8. The number of esters is 1. The zero-order valence-corrected chi connectivity index (χ0v) is 14.2. The lowest BCUT2D eigenvalue weighted by atomic mass is 10.3. The van der Waals surface area contributed by atoms with Crippen LogP contribution in [0, 0.1) is 0 Å². The number of para-hydroxylation sites is 2. The van der Waals surface area contributed by atoms with Crippen molar-refractivity contribution in [3.05, 3.63) is 54.6 Å². The summed E-state index contributed by atoms with van der Waals surface area (Å²) in [5.41, 5.74) is 0.542. The fourth-order valence-corrected chi connectivity index (χ4v) is 2.78. The van der Waals surface area contributed by atoms with Crippen LogP contribution in [-0.4, -0.2) is 31.3 Å². The second-order valence-corrected chi connectivity index (χ2v) is 5.99. The topological polar surface area (TPSA) is 64.6 Å². The number of rotatable bonds is 8. The van der Waals surface area contributed by atoms with Crippen LogP contribution in [0.5, 0.6) is 5.75 Å². The molecule has 0 unspecified atom stereocenters. The van der Waals surface area contributed by atoms with Crippen LogP contribution in [0.2, 0.25) is 0 Å². The van der Waals surface area contributed by atoms with E-state index in [4.69, 9.17) is 9.47 Å². The minimum Gasteiger partial charge on any atom is -0.495 e. The van der Waals surface area contributed by atoms with E-state index in [0.29, 0.717) is 17.2 Å². The van der Waals surface area contributed by atoms with E-state index in [1.54, 1.807) is 36.0 Å². The van der Waals surface area contributed by atoms with Crippen molar-refractivity contribution in [3.63, 3.8) is 0 Å². The zero-order chi connectivity index (χ0) is 17.2. The van der Waals surface area contributed by atoms with Crippen molar-refractivity contribution >= 4 is 29.3 Å². The molecular formula is C18H19NO4S. The van der Waals surface area contributed by atoms with Gasteiger partial charge in [0.2, 0.25) is 0 Å². The quantitative estimate of drug-likeness (QED) is 0.587. The maximum Gasteiger partial charge on any atom is 0.307 e. The van der Waals surface area contributed by atoms with Gasteiger partial charge < -0.3 is 14.8 Å². The van der Waals surface area contributed by atoms with Crippen LogP contribution in [-0.2, 0) is 14.3 Å². The lowest BCUT2D eigenvalue weighted by Gasteiger charge is -2.10. The summed E-state index contributed by atoms with van der Waals surface area (Å²) < 4.78 is 10.1. The van der Waals surface area contributed by atoms with Crippen molar-refractivity contribution in [1.82, 2.24) is 0 Å². The molecule has 0 radical (unpaired) electrons. The number of anilines is 1. The molecule has 1 amide bonds. The Morgan fingerprint density at radius 1 is 1.04 bits per heavy atom. The molecule has 0 aliphatic heterocycles. The van der Waals surface area contributed by atoms with Crippen LogP contribution in [0.3, 0.4) is 0 Å². The highest BCUT2D eigenvalue weighted by atomic mass is 32.2. The molecule has 2 aromatic rings. The van der Waals surface area contributed by atoms with Crippen LogP contribution in [0.15, 0.2) is 59.5 Å². The normalized spacial score (nSPS) is 10.0. The van der Waals surface area contributed by atoms with Crippen LogP contribution in [0.25, 0.3) is 0 Å². The monoisotopic (exact) mass is 345 g/mol. The molecule has 24 heavy (non-hydrogen) atoms. The summed E-state index contributed by atoms with van der Waals surface area (Å²) in [4.78, 5) is 24.6. The summed E-state index contributed by atoms with van der Waals surface area (Å²) >= 11 is 1.57. The molecule has 2 aromatic carbocycles. The number of methoxy groups -OCH3 is 1. The van der Waals surface area contributed by atoms with Crippen LogP contribution in [0.1, 0.15) is 6.42 Å². The molecule has 2 rings (SSSR count). The Bertz CT molecular complexity index is 676. The number of ether oxygens (including phenoxy) is 2. The third-order valence-corrected chi connectivity index (χ3v) is 4.08. The predicted octanol–water partition coefficient (Wildman–Crippen LogP) is 3.36. The molecule has 0 bridgehead atoms. The van der Waals surface area contributed by atoms with Crippen molar-refractivity contribution in [2.75, 3.05) is 24.8 Å². The van der Waals surface area contributed by atoms with Crippen LogP contribution >= 0.6 is 11.8 Å². The third kappa shape index (κ3) is 5.96. The smallest absolute Gasteiger partial charge is 0.307 e. The average Bonchev–Trinajstić information content (AvgIpc) is 2.61. The standard InChI is InChI=1S/C18H19NO4S/c1-22-16-10-6-5-9-15(16)19-17(20)13-23-18(21)11-12-24-14-7-3-2-4-8-14/h2-10H,11-13H2,1H3,(H,19,20). The fourth-order valence-electron chi connectivity index (χ4n) is 1.92. The summed E-state index contributed by atoms with van der Waals surface area (Å²) in [5.74, 6) is 0.366. The van der Waals surface area contributed by atoms with E-state index in [1.165, 1.54) is 7.11 Å². The minimum absolute atomic E-state index is 0.251. The lowest BCUT2D eigenvalue weighted by molar-refractivity contribution is -0.146. The fraction of sp³-hybridized carbons (Fsp3) is 0.222. The zero-order valence-electron chi connectivity index (χ0n) is 13.4. The number of carbonyl (C=O) groups excluding carboxylic acids is 2. The Morgan fingerprint density at radius 3 is 2.50 bits per heavy atom. The first-order valence-corrected chi connectivity index (χ1v) is 8.44. The first-order chi connectivity index (χ1) is 11.7. The first-order valence-electron chi connectivity index (χ1n) is 7.45. The van der Waals surface area contributed by atoms with Gasteiger partial charge in [-0.2, -0.15) is 0 Å². The molecule has 0 atom stereocenters. The first kappa shape index (κ1) is 17.9. The molecule has 0 saturated carbocycles. The van der Waals surface area contributed by atoms with Gasteiger partial charge in [-0.1, -0.05) is 30.3 Å². The van der Waals surface area contributed by atoms with Crippen molar-refractivity contribution in [2.45, 2.75) is 11.3 Å². The molecule has 0 aliphatic carbocycles. The highest BCUT2D eigenvalue weighted by Gasteiger charge is 2.10. The molecule has 0 heterocycles. The van der Waals surface area contributed by atoms with E-state index in [9.17, 15) is 9.59 Å². The highest BCUT2D eigenvalue weighted by Crippen LogP contribution is 2.22. The van der Waals surface area contributed by atoms with E-state index >= 15 is 0 Å². The molecule has 5 nitrogen and oxygen atoms in total. The third-order valence-electron chi connectivity index (χ3n) is 3.06. The highest BCUT2D eigenvalue weighted by molar-refractivity contribution is 7.99. The van der Waals surface area contributed by atoms with Gasteiger partial charge in [-0.25, -0.2) is 0 Å². The Morgan fingerprint density at radius 2 is 1.75 bits per heavy atom.